The molecule has 0 atom stereocenters. The Balaban J connectivity index is 2.54. The normalized spacial score (nSPS) is 11.1. The van der Waals surface area contributed by atoms with Gasteiger partial charge in [-0.25, -0.2) is 0 Å². The van der Waals surface area contributed by atoms with Gasteiger partial charge in [-0.1, -0.05) is 24.3 Å². The molecule has 17 heavy (non-hydrogen) atoms. The Morgan fingerprint density at radius 2 is 1.94 bits per heavy atom. The van der Waals surface area contributed by atoms with Crippen LogP contribution >= 0.6 is 0 Å². The number of hydrogen-bond donors (Lipinski definition) is 2. The van der Waals surface area contributed by atoms with Gasteiger partial charge in [0.05, 0.1) is 12.8 Å². The summed E-state index contributed by atoms with van der Waals surface area (Å²) in [7, 11) is 0. The van der Waals surface area contributed by atoms with Crippen LogP contribution in [0.25, 0.3) is 10.8 Å². The number of ether oxygens (including phenoxy) is 1. The Labute approximate surface area is 99.3 Å². The molecule has 4 heteroatoms. The number of hydrogen-bond acceptors (Lipinski definition) is 4. The molecule has 0 fully saturated rings. The van der Waals surface area contributed by atoms with Crippen molar-refractivity contribution in [2.75, 3.05) is 13.2 Å². The van der Waals surface area contributed by atoms with Crippen LogP contribution in [-0.4, -0.2) is 24.5 Å². The average molecular weight is 230 g/mol. The predicted octanol–water partition coefficient (Wildman–Crippen LogP) is 1.50. The molecule has 3 N–H and O–H groups in total. The van der Waals surface area contributed by atoms with Gasteiger partial charge in [-0.05, 0) is 17.5 Å². The summed E-state index contributed by atoms with van der Waals surface area (Å²) in [6.45, 7) is 0.286. The van der Waals surface area contributed by atoms with Crippen molar-refractivity contribution in [3.8, 4) is 5.75 Å². The van der Waals surface area contributed by atoms with E-state index in [4.69, 9.17) is 15.7 Å². The summed E-state index contributed by atoms with van der Waals surface area (Å²) in [6, 6.07) is 11.6. The average Bonchev–Trinajstić information content (AvgIpc) is 2.38. The zero-order valence-electron chi connectivity index (χ0n) is 9.34. The number of aliphatic hydroxyl groups excluding tert-OH is 1. The van der Waals surface area contributed by atoms with E-state index in [-0.39, 0.29) is 13.2 Å². The summed E-state index contributed by atoms with van der Waals surface area (Å²) in [5.74, 6) is 5.93. The quantitative estimate of drug-likeness (QED) is 0.475. The standard InChI is InChI=1S/C13H14N2O2/c14-15-9-10-5-6-13(17-8-7-16)12-4-2-1-3-11(10)12/h1-6,9,16H,7-8,14H2. The highest BCUT2D eigenvalue weighted by molar-refractivity contribution is 6.02. The van der Waals surface area contributed by atoms with Crippen LogP contribution in [-0.2, 0) is 0 Å². The Bertz CT molecular complexity index is 538. The van der Waals surface area contributed by atoms with Crippen LogP contribution in [0.3, 0.4) is 0 Å². The predicted molar refractivity (Wildman–Crippen MR) is 68.3 cm³/mol. The van der Waals surface area contributed by atoms with E-state index >= 15 is 0 Å². The van der Waals surface area contributed by atoms with Gasteiger partial charge in [0, 0.05) is 10.9 Å². The first-order chi connectivity index (χ1) is 8.36. The molecule has 0 aliphatic carbocycles. The van der Waals surface area contributed by atoms with E-state index in [1.807, 2.05) is 36.4 Å². The Kier molecular flexibility index (Phi) is 3.57. The monoisotopic (exact) mass is 230 g/mol. The first-order valence-corrected chi connectivity index (χ1v) is 5.35. The Morgan fingerprint density at radius 3 is 2.65 bits per heavy atom. The summed E-state index contributed by atoms with van der Waals surface area (Å²) in [5, 5.41) is 14.3. The molecule has 2 rings (SSSR count). The number of nitrogens with two attached hydrogens (primary N) is 1. The van der Waals surface area contributed by atoms with Gasteiger partial charge in [-0.2, -0.15) is 5.10 Å². The molecule has 0 saturated carbocycles. The van der Waals surface area contributed by atoms with Crippen molar-refractivity contribution in [1.29, 1.82) is 0 Å². The van der Waals surface area contributed by atoms with E-state index in [0.717, 1.165) is 22.1 Å². The molecule has 0 aromatic heterocycles. The van der Waals surface area contributed by atoms with Crippen LogP contribution in [0, 0.1) is 0 Å². The fourth-order valence-electron chi connectivity index (χ4n) is 1.77. The minimum absolute atomic E-state index is 0.000334. The third-order valence-electron chi connectivity index (χ3n) is 2.48. The number of nitrogens with zero attached hydrogens (tertiary/aromatic N) is 1. The topological polar surface area (TPSA) is 67.8 Å². The largest absolute Gasteiger partial charge is 0.491 e. The molecule has 0 saturated heterocycles. The van der Waals surface area contributed by atoms with Crippen LogP contribution in [0.2, 0.25) is 0 Å². The van der Waals surface area contributed by atoms with Gasteiger partial charge in [-0.15, -0.1) is 0 Å². The molecule has 0 bridgehead atoms. The van der Waals surface area contributed by atoms with Crippen LogP contribution in [0.4, 0.5) is 0 Å². The van der Waals surface area contributed by atoms with Crippen LogP contribution in [0.1, 0.15) is 5.56 Å². The van der Waals surface area contributed by atoms with Crippen molar-refractivity contribution in [3.63, 3.8) is 0 Å². The number of aliphatic hydroxyl groups is 1. The molecule has 0 spiro atoms. The van der Waals surface area contributed by atoms with Gasteiger partial charge in [-0.3, -0.25) is 0 Å². The van der Waals surface area contributed by atoms with E-state index in [1.165, 1.54) is 0 Å². The first-order valence-electron chi connectivity index (χ1n) is 5.35. The molecule has 0 amide bonds. The SMILES string of the molecule is NN=Cc1ccc(OCCO)c2ccccc12. The summed E-state index contributed by atoms with van der Waals surface area (Å²) in [6.07, 6.45) is 1.61. The van der Waals surface area contributed by atoms with Crippen molar-refractivity contribution in [1.82, 2.24) is 0 Å². The fraction of sp³-hybridized carbons (Fsp3) is 0.154. The number of fused-ring (bicyclic) bond motifs is 1. The highest BCUT2D eigenvalue weighted by atomic mass is 16.5. The summed E-state index contributed by atoms with van der Waals surface area (Å²) in [5.41, 5.74) is 0.944. The molecule has 4 nitrogen and oxygen atoms in total. The van der Waals surface area contributed by atoms with Crippen molar-refractivity contribution in [2.45, 2.75) is 0 Å². The highest BCUT2D eigenvalue weighted by Crippen LogP contribution is 2.27. The van der Waals surface area contributed by atoms with Gasteiger partial charge in [0.1, 0.15) is 12.4 Å². The van der Waals surface area contributed by atoms with E-state index in [1.54, 1.807) is 6.21 Å². The maximum atomic E-state index is 8.78. The fourth-order valence-corrected chi connectivity index (χ4v) is 1.77. The van der Waals surface area contributed by atoms with Crippen LogP contribution in [0.15, 0.2) is 41.5 Å². The van der Waals surface area contributed by atoms with Crippen molar-refractivity contribution in [2.24, 2.45) is 10.9 Å². The molecule has 0 radical (unpaired) electrons. The van der Waals surface area contributed by atoms with Gasteiger partial charge in [0.25, 0.3) is 0 Å². The molecule has 2 aromatic rings. The Morgan fingerprint density at radius 1 is 1.18 bits per heavy atom. The minimum atomic E-state index is 0.000334. The molecule has 2 aromatic carbocycles. The van der Waals surface area contributed by atoms with Gasteiger partial charge in [0.2, 0.25) is 0 Å². The van der Waals surface area contributed by atoms with Gasteiger partial charge >= 0.3 is 0 Å². The summed E-state index contributed by atoms with van der Waals surface area (Å²) in [4.78, 5) is 0. The third-order valence-corrected chi connectivity index (χ3v) is 2.48. The van der Waals surface area contributed by atoms with Crippen LogP contribution in [0.5, 0.6) is 5.75 Å². The number of hydrazone groups is 1. The maximum absolute atomic E-state index is 8.78. The highest BCUT2D eigenvalue weighted by Gasteiger charge is 2.04. The van der Waals surface area contributed by atoms with E-state index in [0.29, 0.717) is 0 Å². The second-order valence-electron chi connectivity index (χ2n) is 3.55. The number of rotatable bonds is 4. The van der Waals surface area contributed by atoms with Crippen molar-refractivity contribution >= 4 is 17.0 Å². The third kappa shape index (κ3) is 2.37. The van der Waals surface area contributed by atoms with E-state index in [9.17, 15) is 0 Å². The molecule has 0 heterocycles. The number of benzene rings is 2. The molecule has 0 unspecified atom stereocenters. The summed E-state index contributed by atoms with van der Waals surface area (Å²) >= 11 is 0. The zero-order chi connectivity index (χ0) is 12.1. The van der Waals surface area contributed by atoms with Gasteiger partial charge in [0.15, 0.2) is 0 Å². The lowest BCUT2D eigenvalue weighted by molar-refractivity contribution is 0.203. The van der Waals surface area contributed by atoms with Crippen molar-refractivity contribution in [3.05, 3.63) is 42.0 Å². The first kappa shape index (κ1) is 11.4. The minimum Gasteiger partial charge on any atom is -0.491 e. The van der Waals surface area contributed by atoms with E-state index < -0.39 is 0 Å². The van der Waals surface area contributed by atoms with Gasteiger partial charge < -0.3 is 15.7 Å². The maximum Gasteiger partial charge on any atom is 0.127 e. The van der Waals surface area contributed by atoms with Crippen LogP contribution < -0.4 is 10.6 Å². The second kappa shape index (κ2) is 5.32. The van der Waals surface area contributed by atoms with Crippen molar-refractivity contribution < 1.29 is 9.84 Å². The van der Waals surface area contributed by atoms with E-state index in [2.05, 4.69) is 5.10 Å². The second-order valence-corrected chi connectivity index (χ2v) is 3.55. The lowest BCUT2D eigenvalue weighted by Crippen LogP contribution is -2.02. The molecular weight excluding hydrogens is 216 g/mol. The smallest absolute Gasteiger partial charge is 0.127 e. The Hall–Kier alpha value is -2.07. The lowest BCUT2D eigenvalue weighted by Gasteiger charge is -2.09. The zero-order valence-corrected chi connectivity index (χ0v) is 9.34. The summed E-state index contributed by atoms with van der Waals surface area (Å²) < 4.78 is 5.48. The lowest BCUT2D eigenvalue weighted by atomic mass is 10.0. The molecular formula is C13H14N2O2. The molecule has 88 valence electrons. The molecule has 0 aliphatic heterocycles. The molecule has 0 aliphatic rings.